The number of benzene rings is 6. The zero-order valence-corrected chi connectivity index (χ0v) is 26.4. The van der Waals surface area contributed by atoms with Gasteiger partial charge in [-0.25, -0.2) is 4.99 Å². The van der Waals surface area contributed by atoms with E-state index in [1.807, 2.05) is 42.5 Å². The minimum Gasteiger partial charge on any atom is -0.455 e. The molecule has 0 unspecified atom stereocenters. The second kappa shape index (κ2) is 10.3. The maximum Gasteiger partial charge on any atom is 0.143 e. The Morgan fingerprint density at radius 1 is 0.702 bits per heavy atom. The molecule has 1 aliphatic rings. The van der Waals surface area contributed by atoms with Gasteiger partial charge >= 0.3 is 0 Å². The van der Waals surface area contributed by atoms with Gasteiger partial charge in [0.2, 0.25) is 0 Å². The Morgan fingerprint density at radius 3 is 2.21 bits per heavy atom. The number of nitrogens with zero attached hydrogens (tertiary/aromatic N) is 2. The lowest BCUT2D eigenvalue weighted by atomic mass is 9.82. The number of furan rings is 1. The summed E-state index contributed by atoms with van der Waals surface area (Å²) in [6, 6.07) is 46.7. The molecular weight excluding hydrogens is 574 g/mol. The molecule has 8 aromatic rings. The molecule has 0 amide bonds. The van der Waals surface area contributed by atoms with Gasteiger partial charge in [0.25, 0.3) is 0 Å². The highest BCUT2D eigenvalue weighted by atomic mass is 16.3. The Morgan fingerprint density at radius 2 is 1.40 bits per heavy atom. The lowest BCUT2D eigenvalue weighted by molar-refractivity contribution is 0.653. The molecule has 4 heteroatoms. The lowest BCUT2D eigenvalue weighted by Gasteiger charge is -2.21. The van der Waals surface area contributed by atoms with Crippen LogP contribution in [0, 0.1) is 0 Å². The number of aliphatic imine (C=N–C) groups is 1. The van der Waals surface area contributed by atoms with Crippen LogP contribution in [0.4, 0.5) is 0 Å². The van der Waals surface area contributed by atoms with E-state index in [0.717, 1.165) is 50.8 Å². The third-order valence-corrected chi connectivity index (χ3v) is 9.87. The van der Waals surface area contributed by atoms with Gasteiger partial charge < -0.3 is 10.2 Å². The molecule has 0 fully saturated rings. The zero-order chi connectivity index (χ0) is 31.7. The van der Waals surface area contributed by atoms with Crippen molar-refractivity contribution >= 4 is 55.4 Å². The van der Waals surface area contributed by atoms with E-state index < -0.39 is 0 Å². The quantitative estimate of drug-likeness (QED) is 0.156. The fraction of sp³-hybridized carbons (Fsp3) is 0.0930. The van der Waals surface area contributed by atoms with Crippen molar-refractivity contribution in [3.05, 3.63) is 162 Å². The number of amidine groups is 1. The molecule has 0 atom stereocenters. The average molecular weight is 608 g/mol. The fourth-order valence-electron chi connectivity index (χ4n) is 7.52. The van der Waals surface area contributed by atoms with Gasteiger partial charge in [0, 0.05) is 38.1 Å². The van der Waals surface area contributed by atoms with Crippen LogP contribution in [-0.4, -0.2) is 10.4 Å². The molecule has 4 nitrogen and oxygen atoms in total. The molecule has 9 rings (SSSR count). The molecular formula is C43H33N3O. The van der Waals surface area contributed by atoms with Crippen molar-refractivity contribution in [2.24, 2.45) is 10.7 Å². The van der Waals surface area contributed by atoms with Crippen LogP contribution >= 0.6 is 0 Å². The highest BCUT2D eigenvalue weighted by molar-refractivity contribution is 6.16. The van der Waals surface area contributed by atoms with Gasteiger partial charge in [-0.2, -0.15) is 0 Å². The van der Waals surface area contributed by atoms with Crippen molar-refractivity contribution in [3.63, 3.8) is 0 Å². The minimum atomic E-state index is -0.229. The molecule has 47 heavy (non-hydrogen) atoms. The first kappa shape index (κ1) is 27.4. The van der Waals surface area contributed by atoms with Crippen molar-refractivity contribution in [1.82, 2.24) is 4.57 Å². The van der Waals surface area contributed by atoms with Crippen LogP contribution in [0.1, 0.15) is 36.1 Å². The highest BCUT2D eigenvalue weighted by Crippen LogP contribution is 2.54. The van der Waals surface area contributed by atoms with Crippen LogP contribution in [0.5, 0.6) is 0 Å². The second-order valence-corrected chi connectivity index (χ2v) is 13.0. The number of hydrogen-bond acceptors (Lipinski definition) is 2. The Bertz CT molecular complexity index is 2570. The molecule has 6 aromatic carbocycles. The molecule has 0 aliphatic heterocycles. The van der Waals surface area contributed by atoms with Crippen LogP contribution in [0.25, 0.3) is 60.7 Å². The van der Waals surface area contributed by atoms with Gasteiger partial charge in [-0.15, -0.1) is 0 Å². The number of fused-ring (bicyclic) bond motifs is 10. The number of rotatable bonds is 5. The second-order valence-electron chi connectivity index (χ2n) is 13.0. The summed E-state index contributed by atoms with van der Waals surface area (Å²) in [5.74, 6) is 1.28. The Hall–Kier alpha value is -5.87. The van der Waals surface area contributed by atoms with Crippen LogP contribution in [-0.2, 0) is 11.8 Å². The fourth-order valence-corrected chi connectivity index (χ4v) is 7.52. The molecule has 0 bridgehead atoms. The number of para-hydroxylation sites is 2. The Balaban J connectivity index is 1.33. The third-order valence-electron chi connectivity index (χ3n) is 9.87. The maximum absolute atomic E-state index is 6.72. The van der Waals surface area contributed by atoms with Crippen LogP contribution in [0.2, 0.25) is 0 Å². The van der Waals surface area contributed by atoms with Crippen molar-refractivity contribution in [2.45, 2.75) is 25.7 Å². The number of aromatic nitrogens is 1. The van der Waals surface area contributed by atoms with Gasteiger partial charge in [0.1, 0.15) is 22.8 Å². The van der Waals surface area contributed by atoms with Crippen molar-refractivity contribution in [1.29, 1.82) is 0 Å². The summed E-state index contributed by atoms with van der Waals surface area (Å²) >= 11 is 0. The third kappa shape index (κ3) is 4.18. The molecule has 0 saturated heterocycles. The van der Waals surface area contributed by atoms with Gasteiger partial charge in [0.05, 0.1) is 11.0 Å². The SMILES string of the molecule is CC1(C)c2cc3c(cc2-c2c1ccc1c2oc2ccccc21)c1ccccc1n3C(=C/Cc1ccccc1)/N=C(\N)c1ccccc1. The van der Waals surface area contributed by atoms with E-state index in [1.54, 1.807) is 0 Å². The van der Waals surface area contributed by atoms with E-state index in [9.17, 15) is 0 Å². The molecule has 1 aliphatic carbocycles. The summed E-state index contributed by atoms with van der Waals surface area (Å²) in [6.07, 6.45) is 2.92. The van der Waals surface area contributed by atoms with E-state index in [4.69, 9.17) is 15.1 Å². The first-order valence-electron chi connectivity index (χ1n) is 16.2. The number of hydrogen-bond donors (Lipinski definition) is 1. The van der Waals surface area contributed by atoms with Crippen LogP contribution < -0.4 is 5.73 Å². The van der Waals surface area contributed by atoms with E-state index in [1.165, 1.54) is 38.6 Å². The summed E-state index contributed by atoms with van der Waals surface area (Å²) in [5, 5.41) is 4.65. The largest absolute Gasteiger partial charge is 0.455 e. The molecule has 0 spiro atoms. The van der Waals surface area contributed by atoms with E-state index >= 15 is 0 Å². The van der Waals surface area contributed by atoms with Crippen LogP contribution in [0.3, 0.4) is 0 Å². The van der Waals surface area contributed by atoms with Gasteiger partial charge in [-0.1, -0.05) is 123 Å². The normalized spacial score (nSPS) is 14.3. The Labute approximate surface area is 273 Å². The number of nitrogens with two attached hydrogens (primary N) is 1. The summed E-state index contributed by atoms with van der Waals surface area (Å²) in [6.45, 7) is 4.64. The molecule has 0 radical (unpaired) electrons. The maximum atomic E-state index is 6.72. The predicted octanol–water partition coefficient (Wildman–Crippen LogP) is 10.4. The zero-order valence-electron chi connectivity index (χ0n) is 26.4. The standard InChI is InChI=1S/C43H33N3O/c1-43(2)34-23-22-31-30-18-10-12-20-38(30)47-41(31)40(34)33-25-32-29-17-9-11-19-36(29)46(37(32)26-35(33)43)39(24-21-27-13-5-3-6-14-27)45-42(44)28-15-7-4-8-16-28/h3-20,22-26H,21H2,1-2H3,(H2,44,45)/b39-24+. The first-order valence-corrected chi connectivity index (χ1v) is 16.2. The van der Waals surface area contributed by atoms with Crippen molar-refractivity contribution < 1.29 is 4.42 Å². The minimum absolute atomic E-state index is 0.229. The lowest BCUT2D eigenvalue weighted by Crippen LogP contribution is -2.15. The molecule has 2 N–H and O–H groups in total. The highest BCUT2D eigenvalue weighted by Gasteiger charge is 2.38. The van der Waals surface area contributed by atoms with Crippen LogP contribution in [0.15, 0.2) is 149 Å². The predicted molar refractivity (Wildman–Crippen MR) is 196 cm³/mol. The molecule has 226 valence electrons. The number of allylic oxidation sites excluding steroid dienone is 1. The monoisotopic (exact) mass is 607 g/mol. The molecule has 2 heterocycles. The van der Waals surface area contributed by atoms with Gasteiger partial charge in [-0.05, 0) is 59.0 Å². The summed E-state index contributed by atoms with van der Waals surface area (Å²) < 4.78 is 8.89. The van der Waals surface area contributed by atoms with E-state index in [-0.39, 0.29) is 5.41 Å². The summed E-state index contributed by atoms with van der Waals surface area (Å²) in [4.78, 5) is 5.14. The summed E-state index contributed by atoms with van der Waals surface area (Å²) in [7, 11) is 0. The topological polar surface area (TPSA) is 56.5 Å². The summed E-state index contributed by atoms with van der Waals surface area (Å²) in [5.41, 5.74) is 17.7. The van der Waals surface area contributed by atoms with Gasteiger partial charge in [-0.3, -0.25) is 4.57 Å². The smallest absolute Gasteiger partial charge is 0.143 e. The van der Waals surface area contributed by atoms with Crippen molar-refractivity contribution in [3.8, 4) is 11.1 Å². The molecule has 0 saturated carbocycles. The average Bonchev–Trinajstić information content (AvgIpc) is 3.72. The Kier molecular flexibility index (Phi) is 6.03. The van der Waals surface area contributed by atoms with E-state index in [0.29, 0.717) is 5.84 Å². The van der Waals surface area contributed by atoms with E-state index in [2.05, 4.69) is 115 Å². The molecule has 2 aromatic heterocycles. The first-order chi connectivity index (χ1) is 23.0. The van der Waals surface area contributed by atoms with Gasteiger partial charge in [0.15, 0.2) is 0 Å². The van der Waals surface area contributed by atoms with Crippen molar-refractivity contribution in [2.75, 3.05) is 0 Å².